The van der Waals surface area contributed by atoms with Gasteiger partial charge in [-0.25, -0.2) is 0 Å². The monoisotopic (exact) mass is 416 g/mol. The van der Waals surface area contributed by atoms with Crippen molar-refractivity contribution in [3.8, 4) is 16.9 Å². The molecule has 5 nitrogen and oxygen atoms in total. The van der Waals surface area contributed by atoms with E-state index in [-0.39, 0.29) is 11.9 Å². The summed E-state index contributed by atoms with van der Waals surface area (Å²) < 4.78 is 5.35. The Morgan fingerprint density at radius 1 is 0.968 bits per heavy atom. The first-order valence-electron chi connectivity index (χ1n) is 10.8. The lowest BCUT2D eigenvalue weighted by atomic mass is 10.0. The molecule has 1 heterocycles. The van der Waals surface area contributed by atoms with E-state index < -0.39 is 0 Å². The van der Waals surface area contributed by atoms with E-state index in [1.165, 1.54) is 10.6 Å². The number of hydrogen-bond acceptors (Lipinski definition) is 3. The Bertz CT molecular complexity index is 1010. The van der Waals surface area contributed by atoms with Crippen LogP contribution in [-0.2, 0) is 4.79 Å². The second kappa shape index (κ2) is 9.67. The lowest BCUT2D eigenvalue weighted by Crippen LogP contribution is -3.19. The standard InChI is InChI=1S/C26H29N3O2/c1-20(28-15-17-29(18-16-28)22-11-8-12-23(19-22)31-2)26(30)27-25-14-7-6-13-24(25)21-9-4-3-5-10-21/h3-14,19-20H,15-18H2,1-2H3,(H,27,30)/p+1/t20-/m0/s1. The molecule has 160 valence electrons. The second-order valence-electron chi connectivity index (χ2n) is 7.97. The molecule has 0 saturated carbocycles. The Morgan fingerprint density at radius 3 is 2.42 bits per heavy atom. The number of anilines is 2. The zero-order valence-corrected chi connectivity index (χ0v) is 18.2. The molecule has 1 aliphatic heterocycles. The summed E-state index contributed by atoms with van der Waals surface area (Å²) >= 11 is 0. The Labute approximate surface area is 184 Å². The van der Waals surface area contributed by atoms with E-state index in [9.17, 15) is 4.79 Å². The summed E-state index contributed by atoms with van der Waals surface area (Å²) in [5, 5.41) is 3.17. The summed E-state index contributed by atoms with van der Waals surface area (Å²) in [6.07, 6.45) is 0. The zero-order valence-electron chi connectivity index (χ0n) is 18.2. The number of methoxy groups -OCH3 is 1. The highest BCUT2D eigenvalue weighted by Crippen LogP contribution is 2.27. The quantitative estimate of drug-likeness (QED) is 0.649. The molecule has 4 rings (SSSR count). The summed E-state index contributed by atoms with van der Waals surface area (Å²) in [7, 11) is 1.69. The fourth-order valence-corrected chi connectivity index (χ4v) is 4.18. The number of rotatable bonds is 6. The maximum absolute atomic E-state index is 13.1. The Balaban J connectivity index is 1.39. The molecule has 0 radical (unpaired) electrons. The minimum absolute atomic E-state index is 0.0632. The van der Waals surface area contributed by atoms with Crippen LogP contribution in [0.1, 0.15) is 6.92 Å². The highest BCUT2D eigenvalue weighted by Gasteiger charge is 2.29. The molecule has 0 spiro atoms. The van der Waals surface area contributed by atoms with Gasteiger partial charge in [0.05, 0.1) is 33.3 Å². The molecule has 2 N–H and O–H groups in total. The maximum atomic E-state index is 13.1. The fraction of sp³-hybridized carbons (Fsp3) is 0.269. The molecular weight excluding hydrogens is 386 g/mol. The van der Waals surface area contributed by atoms with Gasteiger partial charge in [0.25, 0.3) is 5.91 Å². The topological polar surface area (TPSA) is 46.0 Å². The van der Waals surface area contributed by atoms with Crippen LogP contribution in [0.2, 0.25) is 0 Å². The van der Waals surface area contributed by atoms with E-state index in [2.05, 4.69) is 40.5 Å². The molecule has 1 fully saturated rings. The van der Waals surface area contributed by atoms with E-state index in [4.69, 9.17) is 4.74 Å². The fourth-order valence-electron chi connectivity index (χ4n) is 4.18. The van der Waals surface area contributed by atoms with Crippen molar-refractivity contribution in [3.05, 3.63) is 78.9 Å². The third kappa shape index (κ3) is 4.89. The average Bonchev–Trinajstić information content (AvgIpc) is 2.84. The largest absolute Gasteiger partial charge is 0.497 e. The van der Waals surface area contributed by atoms with Gasteiger partial charge in [-0.3, -0.25) is 4.79 Å². The molecular formula is C26H30N3O2+. The van der Waals surface area contributed by atoms with Crippen LogP contribution in [0.4, 0.5) is 11.4 Å². The van der Waals surface area contributed by atoms with Crippen LogP contribution in [0.5, 0.6) is 5.75 Å². The Kier molecular flexibility index (Phi) is 6.53. The number of carbonyl (C=O) groups is 1. The van der Waals surface area contributed by atoms with Gasteiger partial charge in [0, 0.05) is 23.0 Å². The summed E-state index contributed by atoms with van der Waals surface area (Å²) in [4.78, 5) is 16.7. The van der Waals surface area contributed by atoms with Crippen molar-refractivity contribution >= 4 is 17.3 Å². The van der Waals surface area contributed by atoms with Crippen molar-refractivity contribution in [2.75, 3.05) is 43.5 Å². The van der Waals surface area contributed by atoms with Gasteiger partial charge >= 0.3 is 0 Å². The van der Waals surface area contributed by atoms with Gasteiger partial charge < -0.3 is 19.9 Å². The number of piperazine rings is 1. The van der Waals surface area contributed by atoms with Gasteiger partial charge in [-0.2, -0.15) is 0 Å². The lowest BCUT2D eigenvalue weighted by molar-refractivity contribution is -0.914. The van der Waals surface area contributed by atoms with Crippen molar-refractivity contribution in [2.45, 2.75) is 13.0 Å². The van der Waals surface area contributed by atoms with E-state index in [1.807, 2.05) is 55.5 Å². The van der Waals surface area contributed by atoms with Crippen LogP contribution >= 0.6 is 0 Å². The van der Waals surface area contributed by atoms with Crippen molar-refractivity contribution in [1.82, 2.24) is 0 Å². The molecule has 5 heteroatoms. The summed E-state index contributed by atoms with van der Waals surface area (Å²) in [5.41, 5.74) is 4.18. The minimum atomic E-state index is -0.115. The van der Waals surface area contributed by atoms with Gasteiger partial charge in [0.1, 0.15) is 5.75 Å². The summed E-state index contributed by atoms with van der Waals surface area (Å²) in [6, 6.07) is 26.2. The first-order valence-corrected chi connectivity index (χ1v) is 10.8. The van der Waals surface area contributed by atoms with Gasteiger partial charge in [0.2, 0.25) is 0 Å². The molecule has 1 saturated heterocycles. The minimum Gasteiger partial charge on any atom is -0.497 e. The number of benzene rings is 3. The zero-order chi connectivity index (χ0) is 21.6. The van der Waals surface area contributed by atoms with Crippen LogP contribution in [-0.4, -0.2) is 45.2 Å². The molecule has 1 amide bonds. The Hall–Kier alpha value is -3.31. The molecule has 0 aromatic heterocycles. The van der Waals surface area contributed by atoms with Gasteiger partial charge in [-0.15, -0.1) is 0 Å². The van der Waals surface area contributed by atoms with Crippen LogP contribution in [0.3, 0.4) is 0 Å². The van der Waals surface area contributed by atoms with Gasteiger partial charge in [-0.05, 0) is 30.7 Å². The third-order valence-electron chi connectivity index (χ3n) is 6.10. The predicted molar refractivity (Wildman–Crippen MR) is 126 cm³/mol. The molecule has 31 heavy (non-hydrogen) atoms. The van der Waals surface area contributed by atoms with E-state index >= 15 is 0 Å². The summed E-state index contributed by atoms with van der Waals surface area (Å²) in [6.45, 7) is 5.71. The number of nitrogens with one attached hydrogen (secondary N) is 2. The van der Waals surface area contributed by atoms with Crippen LogP contribution in [0.25, 0.3) is 11.1 Å². The SMILES string of the molecule is COc1cccc(N2CC[NH+]([C@@H](C)C(=O)Nc3ccccc3-c3ccccc3)CC2)c1. The normalized spacial score (nSPS) is 15.4. The highest BCUT2D eigenvalue weighted by molar-refractivity contribution is 5.97. The van der Waals surface area contributed by atoms with Crippen LogP contribution < -0.4 is 19.9 Å². The number of hydrogen-bond donors (Lipinski definition) is 2. The molecule has 0 aliphatic carbocycles. The number of para-hydroxylation sites is 1. The molecule has 1 atom stereocenters. The smallest absolute Gasteiger partial charge is 0.282 e. The lowest BCUT2D eigenvalue weighted by Gasteiger charge is -2.36. The van der Waals surface area contributed by atoms with Crippen molar-refractivity contribution in [2.24, 2.45) is 0 Å². The number of quaternary nitrogens is 1. The van der Waals surface area contributed by atoms with Crippen molar-refractivity contribution in [3.63, 3.8) is 0 Å². The highest BCUT2D eigenvalue weighted by atomic mass is 16.5. The van der Waals surface area contributed by atoms with Gasteiger partial charge in [-0.1, -0.05) is 54.6 Å². The van der Waals surface area contributed by atoms with E-state index in [0.717, 1.165) is 48.7 Å². The third-order valence-corrected chi connectivity index (χ3v) is 6.10. The number of ether oxygens (including phenoxy) is 1. The number of nitrogens with zero attached hydrogens (tertiary/aromatic N) is 1. The van der Waals surface area contributed by atoms with E-state index in [1.54, 1.807) is 7.11 Å². The first-order chi connectivity index (χ1) is 15.2. The van der Waals surface area contributed by atoms with Crippen molar-refractivity contribution in [1.29, 1.82) is 0 Å². The number of amides is 1. The van der Waals surface area contributed by atoms with Gasteiger partial charge in [0.15, 0.2) is 6.04 Å². The first kappa shape index (κ1) is 20.9. The van der Waals surface area contributed by atoms with E-state index in [0.29, 0.717) is 0 Å². The Morgan fingerprint density at radius 2 is 1.68 bits per heavy atom. The number of carbonyl (C=O) groups excluding carboxylic acids is 1. The molecule has 3 aromatic carbocycles. The molecule has 3 aromatic rings. The average molecular weight is 417 g/mol. The maximum Gasteiger partial charge on any atom is 0.282 e. The molecule has 0 bridgehead atoms. The predicted octanol–water partition coefficient (Wildman–Crippen LogP) is 3.09. The van der Waals surface area contributed by atoms with Crippen molar-refractivity contribution < 1.29 is 14.4 Å². The molecule has 0 unspecified atom stereocenters. The summed E-state index contributed by atoms with van der Waals surface area (Å²) in [5.74, 6) is 0.935. The second-order valence-corrected chi connectivity index (χ2v) is 7.97. The molecule has 1 aliphatic rings. The van der Waals surface area contributed by atoms with Crippen LogP contribution in [0, 0.1) is 0 Å². The van der Waals surface area contributed by atoms with Crippen LogP contribution in [0.15, 0.2) is 78.9 Å².